The average molecular weight is 259 g/mol. The summed E-state index contributed by atoms with van der Waals surface area (Å²) < 4.78 is 0. The van der Waals surface area contributed by atoms with Crippen LogP contribution in [0.4, 0.5) is 5.69 Å². The van der Waals surface area contributed by atoms with Crippen molar-refractivity contribution >= 4 is 11.7 Å². The van der Waals surface area contributed by atoms with Crippen LogP contribution in [0, 0.1) is 0 Å². The van der Waals surface area contributed by atoms with E-state index in [9.17, 15) is 4.79 Å². The summed E-state index contributed by atoms with van der Waals surface area (Å²) in [5, 5.41) is 12.1. The number of carboxylic acid groups (broad SMARTS) is 1. The van der Waals surface area contributed by atoms with E-state index in [0.29, 0.717) is 5.69 Å². The van der Waals surface area contributed by atoms with Gasteiger partial charge in [-0.3, -0.25) is 0 Å². The minimum absolute atomic E-state index is 0.243. The van der Waals surface area contributed by atoms with Gasteiger partial charge in [0.1, 0.15) is 0 Å². The fourth-order valence-corrected chi connectivity index (χ4v) is 1.38. The monoisotopic (exact) mass is 259 g/mol. The van der Waals surface area contributed by atoms with Gasteiger partial charge in [-0.2, -0.15) is 0 Å². The predicted octanol–water partition coefficient (Wildman–Crippen LogP) is 4.47. The van der Waals surface area contributed by atoms with E-state index in [0.717, 1.165) is 5.70 Å². The Morgan fingerprint density at radius 1 is 1.32 bits per heavy atom. The highest BCUT2D eigenvalue weighted by atomic mass is 16.4. The van der Waals surface area contributed by atoms with Gasteiger partial charge in [-0.25, -0.2) is 4.79 Å². The smallest absolute Gasteiger partial charge is 0.337 e. The van der Waals surface area contributed by atoms with Crippen LogP contribution in [-0.2, 0) is 0 Å². The van der Waals surface area contributed by atoms with Gasteiger partial charge in [-0.05, 0) is 31.2 Å². The number of carboxylic acids is 1. The summed E-state index contributed by atoms with van der Waals surface area (Å²) in [6.07, 6.45) is 7.14. The maximum atomic E-state index is 11.0. The van der Waals surface area contributed by atoms with Crippen LogP contribution in [0.2, 0.25) is 0 Å². The summed E-state index contributed by atoms with van der Waals surface area (Å²) in [5.74, 6) is -0.952. The van der Waals surface area contributed by atoms with E-state index >= 15 is 0 Å². The molecule has 0 saturated heterocycles. The molecule has 0 amide bonds. The Kier molecular flexibility index (Phi) is 8.54. The van der Waals surface area contributed by atoms with Crippen molar-refractivity contribution in [1.82, 2.24) is 0 Å². The molecule has 0 radical (unpaired) electrons. The minimum atomic E-state index is -0.952. The van der Waals surface area contributed by atoms with Crippen molar-refractivity contribution in [3.8, 4) is 0 Å². The zero-order chi connectivity index (χ0) is 14.7. The van der Waals surface area contributed by atoms with E-state index < -0.39 is 5.97 Å². The molecule has 19 heavy (non-hydrogen) atoms. The van der Waals surface area contributed by atoms with Gasteiger partial charge in [0.05, 0.1) is 11.3 Å². The number of benzene rings is 1. The number of aromatic carboxylic acids is 1. The zero-order valence-electron chi connectivity index (χ0n) is 11.7. The van der Waals surface area contributed by atoms with Crippen molar-refractivity contribution in [3.05, 3.63) is 66.4 Å². The Hall–Kier alpha value is -2.29. The molecule has 0 atom stereocenters. The highest BCUT2D eigenvalue weighted by Crippen LogP contribution is 2.17. The Morgan fingerprint density at radius 3 is 2.47 bits per heavy atom. The molecule has 0 fully saturated rings. The Labute approximate surface area is 115 Å². The van der Waals surface area contributed by atoms with Crippen LogP contribution in [0.3, 0.4) is 0 Å². The highest BCUT2D eigenvalue weighted by Gasteiger charge is 2.08. The molecule has 1 rings (SSSR count). The van der Waals surface area contributed by atoms with Gasteiger partial charge in [0.2, 0.25) is 0 Å². The number of rotatable bonds is 5. The van der Waals surface area contributed by atoms with Crippen molar-refractivity contribution < 1.29 is 9.90 Å². The second-order valence-corrected chi connectivity index (χ2v) is 3.33. The standard InChI is InChI=1S/C14H15NO2.C2H6/c1-3-7-11(8-4-2)15-13-10-6-5-9-12(13)14(16)17;1-2/h3-10,15H,1H2,2H3,(H,16,17);1-2H3/b8-4-,11-7+;. The molecule has 0 bridgehead atoms. The minimum Gasteiger partial charge on any atom is -0.478 e. The van der Waals surface area contributed by atoms with Gasteiger partial charge >= 0.3 is 5.97 Å². The quantitative estimate of drug-likeness (QED) is 0.767. The summed E-state index contributed by atoms with van der Waals surface area (Å²) in [7, 11) is 0. The van der Waals surface area contributed by atoms with E-state index in [2.05, 4.69) is 11.9 Å². The van der Waals surface area contributed by atoms with Crippen LogP contribution in [0.1, 0.15) is 31.1 Å². The average Bonchev–Trinajstić information content (AvgIpc) is 2.42. The highest BCUT2D eigenvalue weighted by molar-refractivity contribution is 5.94. The van der Waals surface area contributed by atoms with Gasteiger partial charge in [-0.15, -0.1) is 0 Å². The van der Waals surface area contributed by atoms with Crippen LogP contribution in [-0.4, -0.2) is 11.1 Å². The number of allylic oxidation sites excluding steroid dienone is 4. The van der Waals surface area contributed by atoms with Crippen LogP contribution in [0.5, 0.6) is 0 Å². The number of para-hydroxylation sites is 1. The second kappa shape index (κ2) is 9.71. The summed E-state index contributed by atoms with van der Waals surface area (Å²) in [6, 6.07) is 6.77. The molecule has 0 aliphatic heterocycles. The van der Waals surface area contributed by atoms with Crippen LogP contribution < -0.4 is 5.32 Å². The predicted molar refractivity (Wildman–Crippen MR) is 81.5 cm³/mol. The molecule has 1 aromatic carbocycles. The fourth-order valence-electron chi connectivity index (χ4n) is 1.38. The molecule has 0 spiro atoms. The molecule has 3 heteroatoms. The molecule has 0 aliphatic rings. The van der Waals surface area contributed by atoms with Crippen molar-refractivity contribution in [2.24, 2.45) is 0 Å². The van der Waals surface area contributed by atoms with Gasteiger partial charge in [-0.1, -0.05) is 44.7 Å². The SMILES string of the molecule is C=C/C=C(\C=C/C)Nc1ccccc1C(=O)O.CC. The maximum absolute atomic E-state index is 11.0. The molecule has 0 heterocycles. The fraction of sp³-hybridized carbons (Fsp3) is 0.188. The number of carbonyl (C=O) groups is 1. The zero-order valence-corrected chi connectivity index (χ0v) is 11.7. The van der Waals surface area contributed by atoms with Gasteiger partial charge in [0.25, 0.3) is 0 Å². The first-order valence-corrected chi connectivity index (χ1v) is 6.23. The lowest BCUT2D eigenvalue weighted by atomic mass is 10.1. The van der Waals surface area contributed by atoms with Gasteiger partial charge < -0.3 is 10.4 Å². The topological polar surface area (TPSA) is 49.3 Å². The second-order valence-electron chi connectivity index (χ2n) is 3.33. The first-order valence-electron chi connectivity index (χ1n) is 6.23. The van der Waals surface area contributed by atoms with E-state index in [4.69, 9.17) is 5.11 Å². The number of anilines is 1. The normalized spacial score (nSPS) is 10.6. The van der Waals surface area contributed by atoms with E-state index in [1.807, 2.05) is 32.9 Å². The van der Waals surface area contributed by atoms with E-state index in [1.54, 1.807) is 36.4 Å². The number of nitrogens with one attached hydrogen (secondary N) is 1. The molecule has 2 N–H and O–H groups in total. The van der Waals surface area contributed by atoms with Crippen LogP contribution >= 0.6 is 0 Å². The van der Waals surface area contributed by atoms with Crippen LogP contribution in [0.25, 0.3) is 0 Å². The Balaban J connectivity index is 0.00000154. The molecule has 1 aromatic rings. The molecular formula is C16H21NO2. The summed E-state index contributed by atoms with van der Waals surface area (Å²) >= 11 is 0. The van der Waals surface area contributed by atoms with Crippen molar-refractivity contribution in [2.45, 2.75) is 20.8 Å². The summed E-state index contributed by atoms with van der Waals surface area (Å²) in [5.41, 5.74) is 1.59. The Morgan fingerprint density at radius 2 is 1.95 bits per heavy atom. The molecule has 3 nitrogen and oxygen atoms in total. The molecular weight excluding hydrogens is 238 g/mol. The lowest BCUT2D eigenvalue weighted by Gasteiger charge is -2.09. The van der Waals surface area contributed by atoms with E-state index in [-0.39, 0.29) is 5.56 Å². The third kappa shape index (κ3) is 5.73. The molecule has 102 valence electrons. The molecule has 0 aliphatic carbocycles. The molecule has 0 saturated carbocycles. The largest absolute Gasteiger partial charge is 0.478 e. The van der Waals surface area contributed by atoms with E-state index in [1.165, 1.54) is 0 Å². The van der Waals surface area contributed by atoms with Gasteiger partial charge in [0, 0.05) is 5.70 Å². The van der Waals surface area contributed by atoms with Crippen molar-refractivity contribution in [1.29, 1.82) is 0 Å². The van der Waals surface area contributed by atoms with Crippen molar-refractivity contribution in [3.63, 3.8) is 0 Å². The Bertz CT molecular complexity index is 473. The first kappa shape index (κ1) is 16.7. The third-order valence-electron chi connectivity index (χ3n) is 2.08. The lowest BCUT2D eigenvalue weighted by Crippen LogP contribution is -2.04. The molecule has 0 aromatic heterocycles. The summed E-state index contributed by atoms with van der Waals surface area (Å²) in [4.78, 5) is 11.0. The number of hydrogen-bond donors (Lipinski definition) is 2. The van der Waals surface area contributed by atoms with Gasteiger partial charge in [0.15, 0.2) is 0 Å². The molecule has 0 unspecified atom stereocenters. The summed E-state index contributed by atoms with van der Waals surface area (Å²) in [6.45, 7) is 9.51. The lowest BCUT2D eigenvalue weighted by molar-refractivity contribution is 0.0698. The van der Waals surface area contributed by atoms with Crippen LogP contribution in [0.15, 0.2) is 60.8 Å². The third-order valence-corrected chi connectivity index (χ3v) is 2.08. The number of hydrogen-bond acceptors (Lipinski definition) is 2. The first-order chi connectivity index (χ1) is 9.19. The maximum Gasteiger partial charge on any atom is 0.337 e. The van der Waals surface area contributed by atoms with Crippen molar-refractivity contribution in [2.75, 3.05) is 5.32 Å².